The highest BCUT2D eigenvalue weighted by Gasteiger charge is 2.15. The van der Waals surface area contributed by atoms with Gasteiger partial charge in [0, 0.05) is 12.6 Å². The van der Waals surface area contributed by atoms with E-state index in [0.717, 1.165) is 18.9 Å². The Bertz CT molecular complexity index is 592. The number of aromatic carboxylic acids is 1. The van der Waals surface area contributed by atoms with Gasteiger partial charge in [0.25, 0.3) is 5.91 Å². The van der Waals surface area contributed by atoms with Gasteiger partial charge in [-0.2, -0.15) is 0 Å². The van der Waals surface area contributed by atoms with Crippen LogP contribution in [0.15, 0.2) is 40.9 Å². The molecule has 2 aromatic rings. The van der Waals surface area contributed by atoms with Crippen molar-refractivity contribution in [2.45, 2.75) is 12.8 Å². The van der Waals surface area contributed by atoms with Crippen LogP contribution < -0.4 is 5.32 Å². The number of rotatable bonds is 6. The Kier molecular flexibility index (Phi) is 4.49. The van der Waals surface area contributed by atoms with Crippen LogP contribution >= 0.6 is 0 Å². The van der Waals surface area contributed by atoms with Gasteiger partial charge in [-0.05, 0) is 18.4 Å². The third-order valence-electron chi connectivity index (χ3n) is 2.72. The first-order chi connectivity index (χ1) is 9.66. The maximum Gasteiger partial charge on any atom is 0.374 e. The van der Waals surface area contributed by atoms with Crippen LogP contribution in [-0.2, 0) is 6.42 Å². The highest BCUT2D eigenvalue weighted by atomic mass is 16.5. The van der Waals surface area contributed by atoms with Crippen molar-refractivity contribution < 1.29 is 19.2 Å². The molecule has 2 rings (SSSR count). The number of nitrogens with one attached hydrogen (secondary N) is 1. The lowest BCUT2D eigenvalue weighted by Crippen LogP contribution is -2.25. The van der Waals surface area contributed by atoms with Crippen molar-refractivity contribution in [3.63, 3.8) is 0 Å². The van der Waals surface area contributed by atoms with Gasteiger partial charge in [-0.15, -0.1) is 0 Å². The molecule has 6 heteroatoms. The summed E-state index contributed by atoms with van der Waals surface area (Å²) in [6.45, 7) is 0.489. The molecule has 0 aliphatic rings. The van der Waals surface area contributed by atoms with Crippen molar-refractivity contribution in [1.29, 1.82) is 0 Å². The number of carbonyl (C=O) groups excluding carboxylic acids is 1. The molecule has 1 aromatic heterocycles. The van der Waals surface area contributed by atoms with Gasteiger partial charge in [0.05, 0.1) is 0 Å². The van der Waals surface area contributed by atoms with Crippen molar-refractivity contribution in [2.24, 2.45) is 0 Å². The lowest BCUT2D eigenvalue weighted by Gasteiger charge is -2.03. The van der Waals surface area contributed by atoms with Gasteiger partial charge in [-0.25, -0.2) is 4.79 Å². The monoisotopic (exact) mass is 274 g/mol. The van der Waals surface area contributed by atoms with Crippen molar-refractivity contribution in [3.8, 4) is 0 Å². The molecule has 0 saturated heterocycles. The number of hydrogen-bond donors (Lipinski definition) is 2. The minimum Gasteiger partial charge on any atom is -0.475 e. The molecular formula is C14H14N2O4. The number of benzene rings is 1. The van der Waals surface area contributed by atoms with Crippen molar-refractivity contribution in [3.05, 3.63) is 53.4 Å². The summed E-state index contributed by atoms with van der Waals surface area (Å²) in [7, 11) is 0. The van der Waals surface area contributed by atoms with E-state index < -0.39 is 11.9 Å². The van der Waals surface area contributed by atoms with Crippen LogP contribution in [0.3, 0.4) is 0 Å². The predicted molar refractivity (Wildman–Crippen MR) is 70.6 cm³/mol. The molecule has 104 valence electrons. The highest BCUT2D eigenvalue weighted by Crippen LogP contribution is 2.04. The van der Waals surface area contributed by atoms with E-state index in [9.17, 15) is 9.59 Å². The largest absolute Gasteiger partial charge is 0.475 e. The van der Waals surface area contributed by atoms with Crippen LogP contribution in [-0.4, -0.2) is 28.7 Å². The standard InChI is InChI=1S/C14H14N2O4/c17-13(11-9-12(14(18)19)20-16-11)15-8-4-7-10-5-2-1-3-6-10/h1-3,5-6,9H,4,7-8H2,(H,15,17)(H,18,19). The maximum absolute atomic E-state index is 11.7. The lowest BCUT2D eigenvalue weighted by atomic mass is 10.1. The number of carboxylic acid groups (broad SMARTS) is 1. The van der Waals surface area contributed by atoms with Gasteiger partial charge in [0.2, 0.25) is 5.76 Å². The maximum atomic E-state index is 11.7. The smallest absolute Gasteiger partial charge is 0.374 e. The van der Waals surface area contributed by atoms with Gasteiger partial charge >= 0.3 is 5.97 Å². The third-order valence-corrected chi connectivity index (χ3v) is 2.72. The average molecular weight is 274 g/mol. The number of amides is 1. The minimum atomic E-state index is -1.25. The fourth-order valence-corrected chi connectivity index (χ4v) is 1.71. The quantitative estimate of drug-likeness (QED) is 0.783. The summed E-state index contributed by atoms with van der Waals surface area (Å²) in [5.74, 6) is -2.03. The molecular weight excluding hydrogens is 260 g/mol. The van der Waals surface area contributed by atoms with Gasteiger partial charge in [0.15, 0.2) is 5.69 Å². The number of carboxylic acids is 1. The fraction of sp³-hybridized carbons (Fsp3) is 0.214. The van der Waals surface area contributed by atoms with E-state index in [2.05, 4.69) is 15.0 Å². The fourth-order valence-electron chi connectivity index (χ4n) is 1.71. The normalized spacial score (nSPS) is 10.2. The zero-order valence-electron chi connectivity index (χ0n) is 10.7. The van der Waals surface area contributed by atoms with Crippen LogP contribution in [0.4, 0.5) is 0 Å². The molecule has 0 fully saturated rings. The van der Waals surface area contributed by atoms with Crippen LogP contribution in [0.25, 0.3) is 0 Å². The molecule has 1 aromatic carbocycles. The Labute approximate surface area is 115 Å². The molecule has 0 radical (unpaired) electrons. The molecule has 0 aliphatic heterocycles. The van der Waals surface area contributed by atoms with Gasteiger partial charge in [-0.3, -0.25) is 4.79 Å². The summed E-state index contributed by atoms with van der Waals surface area (Å²) >= 11 is 0. The molecule has 1 heterocycles. The zero-order chi connectivity index (χ0) is 14.4. The highest BCUT2D eigenvalue weighted by molar-refractivity contribution is 5.94. The number of hydrogen-bond acceptors (Lipinski definition) is 4. The first-order valence-corrected chi connectivity index (χ1v) is 6.19. The molecule has 0 bridgehead atoms. The van der Waals surface area contributed by atoms with Gasteiger partial charge < -0.3 is 14.9 Å². The topological polar surface area (TPSA) is 92.4 Å². The van der Waals surface area contributed by atoms with E-state index in [4.69, 9.17) is 5.11 Å². The van der Waals surface area contributed by atoms with E-state index in [1.54, 1.807) is 0 Å². The molecule has 2 N–H and O–H groups in total. The Balaban J connectivity index is 1.76. The van der Waals surface area contributed by atoms with Gasteiger partial charge in [0.1, 0.15) is 0 Å². The Hall–Kier alpha value is -2.63. The number of carbonyl (C=O) groups is 2. The predicted octanol–water partition coefficient (Wildman–Crippen LogP) is 1.74. The average Bonchev–Trinajstić information content (AvgIpc) is 2.94. The second kappa shape index (κ2) is 6.51. The van der Waals surface area contributed by atoms with Crippen LogP contribution in [0.2, 0.25) is 0 Å². The SMILES string of the molecule is O=C(NCCCc1ccccc1)c1cc(C(=O)O)on1. The molecule has 0 saturated carbocycles. The summed E-state index contributed by atoms with van der Waals surface area (Å²) in [6.07, 6.45) is 1.65. The Morgan fingerprint density at radius 1 is 1.25 bits per heavy atom. The van der Waals surface area contributed by atoms with E-state index in [-0.39, 0.29) is 11.5 Å². The van der Waals surface area contributed by atoms with E-state index in [1.807, 2.05) is 30.3 Å². The van der Waals surface area contributed by atoms with Gasteiger partial charge in [-0.1, -0.05) is 35.5 Å². The summed E-state index contributed by atoms with van der Waals surface area (Å²) in [6, 6.07) is 11.1. The summed E-state index contributed by atoms with van der Waals surface area (Å²) < 4.78 is 4.51. The molecule has 20 heavy (non-hydrogen) atoms. The van der Waals surface area contributed by atoms with Crippen molar-refractivity contribution >= 4 is 11.9 Å². The van der Waals surface area contributed by atoms with Crippen LogP contribution in [0.1, 0.15) is 33.0 Å². The summed E-state index contributed by atoms with van der Waals surface area (Å²) in [5, 5.41) is 14.7. The molecule has 0 spiro atoms. The van der Waals surface area contributed by atoms with Crippen LogP contribution in [0.5, 0.6) is 0 Å². The number of aromatic nitrogens is 1. The molecule has 0 aliphatic carbocycles. The van der Waals surface area contributed by atoms with E-state index in [1.165, 1.54) is 5.56 Å². The van der Waals surface area contributed by atoms with E-state index in [0.29, 0.717) is 6.54 Å². The third kappa shape index (κ3) is 3.68. The Morgan fingerprint density at radius 2 is 2.00 bits per heavy atom. The first-order valence-electron chi connectivity index (χ1n) is 6.19. The van der Waals surface area contributed by atoms with E-state index >= 15 is 0 Å². The van der Waals surface area contributed by atoms with Crippen LogP contribution in [0, 0.1) is 0 Å². The zero-order valence-corrected chi connectivity index (χ0v) is 10.7. The van der Waals surface area contributed by atoms with Crippen molar-refractivity contribution in [2.75, 3.05) is 6.54 Å². The minimum absolute atomic E-state index is 0.0258. The lowest BCUT2D eigenvalue weighted by molar-refractivity contribution is 0.0651. The molecule has 1 amide bonds. The number of nitrogens with zero attached hydrogens (tertiary/aromatic N) is 1. The molecule has 6 nitrogen and oxygen atoms in total. The summed E-state index contributed by atoms with van der Waals surface area (Å²) in [4.78, 5) is 22.3. The second-order valence-corrected chi connectivity index (χ2v) is 4.23. The second-order valence-electron chi connectivity index (χ2n) is 4.23. The Morgan fingerprint density at radius 3 is 2.65 bits per heavy atom. The molecule has 0 atom stereocenters. The summed E-state index contributed by atoms with van der Waals surface area (Å²) in [5.41, 5.74) is 1.18. The molecule has 0 unspecified atom stereocenters. The first kappa shape index (κ1) is 13.8. The van der Waals surface area contributed by atoms with Crippen molar-refractivity contribution in [1.82, 2.24) is 10.5 Å². The number of aryl methyl sites for hydroxylation is 1.